The van der Waals surface area contributed by atoms with Crippen molar-refractivity contribution in [1.29, 1.82) is 0 Å². The highest BCUT2D eigenvalue weighted by Crippen LogP contribution is 2.37. The summed E-state index contributed by atoms with van der Waals surface area (Å²) in [5, 5.41) is 18.0. The second kappa shape index (κ2) is 20.9. The molecule has 0 saturated carbocycles. The molecule has 8 heterocycles. The first-order valence-corrected chi connectivity index (χ1v) is 22.5. The lowest BCUT2D eigenvalue weighted by atomic mass is 9.95. The fraction of sp³-hybridized carbons (Fsp3) is 0.196. The van der Waals surface area contributed by atoms with Crippen LogP contribution in [0.1, 0.15) is 37.6 Å². The first-order chi connectivity index (χ1) is 34.7. The van der Waals surface area contributed by atoms with E-state index in [4.69, 9.17) is 47.4 Å². The molecule has 4 aliphatic heterocycles. The highest BCUT2D eigenvalue weighted by atomic mass is 79.9. The molecule has 2 aromatic carbocycles. The van der Waals surface area contributed by atoms with Gasteiger partial charge in [-0.1, -0.05) is 18.1 Å². The first kappa shape index (κ1) is 52.1. The molecule has 4 aromatic heterocycles. The Morgan fingerprint density at radius 1 is 0.699 bits per heavy atom. The molecule has 378 valence electrons. The Balaban J connectivity index is 0.000000161. The number of amides is 8. The van der Waals surface area contributed by atoms with Gasteiger partial charge in [0.1, 0.15) is 43.7 Å². The highest BCUT2D eigenvalue weighted by Gasteiger charge is 2.53. The number of terminal acetylenes is 1. The number of nitrogens with zero attached hydrogens (tertiary/aromatic N) is 5. The molecule has 0 unspecified atom stereocenters. The van der Waals surface area contributed by atoms with E-state index in [0.29, 0.717) is 48.8 Å². The molecular formula is C46H40Br2F2N12O11. The number of benzene rings is 2. The number of hydrogen-bond acceptors (Lipinski definition) is 17. The fourth-order valence-corrected chi connectivity index (χ4v) is 8.55. The topological polar surface area (TPSA) is 335 Å². The van der Waals surface area contributed by atoms with Gasteiger partial charge in [-0.05, 0) is 91.5 Å². The van der Waals surface area contributed by atoms with Gasteiger partial charge >= 0.3 is 12.1 Å². The van der Waals surface area contributed by atoms with Crippen LogP contribution in [0, 0.1) is 24.0 Å². The second-order valence-electron chi connectivity index (χ2n) is 15.8. The number of nitrogens with one attached hydrogen (secondary N) is 4. The van der Waals surface area contributed by atoms with E-state index in [1.165, 1.54) is 60.4 Å². The van der Waals surface area contributed by atoms with Crippen LogP contribution < -0.4 is 52.7 Å². The van der Waals surface area contributed by atoms with Crippen molar-refractivity contribution in [3.8, 4) is 35.3 Å². The van der Waals surface area contributed by atoms with Crippen LogP contribution in [0.2, 0.25) is 0 Å². The smallest absolute Gasteiger partial charge is 0.323 e. The van der Waals surface area contributed by atoms with Crippen molar-refractivity contribution in [2.75, 3.05) is 51.6 Å². The third-order valence-corrected chi connectivity index (χ3v) is 12.4. The molecule has 27 heteroatoms. The van der Waals surface area contributed by atoms with Crippen LogP contribution in [0.5, 0.6) is 23.0 Å². The van der Waals surface area contributed by atoms with Crippen molar-refractivity contribution in [2.45, 2.75) is 24.2 Å². The quantitative estimate of drug-likeness (QED) is 0.0610. The Labute approximate surface area is 428 Å². The minimum Gasteiger partial charge on any atom is -0.505 e. The average molecular weight is 1130 g/mol. The zero-order valence-corrected chi connectivity index (χ0v) is 41.4. The molecule has 2 saturated heterocycles. The number of hydrogen-bond donors (Lipinski definition) is 8. The van der Waals surface area contributed by atoms with Crippen molar-refractivity contribution in [3.05, 3.63) is 116 Å². The summed E-state index contributed by atoms with van der Waals surface area (Å²) < 4.78 is 50.5. The van der Waals surface area contributed by atoms with Gasteiger partial charge < -0.3 is 61.4 Å². The zero-order valence-electron chi connectivity index (χ0n) is 38.3. The number of methoxy groups -OCH3 is 3. The number of pyridine rings is 3. The Bertz CT molecular complexity index is 3300. The normalized spacial score (nSPS) is 18.1. The van der Waals surface area contributed by atoms with Crippen LogP contribution >= 0.6 is 31.9 Å². The molecule has 0 bridgehead atoms. The number of carbonyl (C=O) groups is 6. The molecule has 6 aromatic rings. The number of urea groups is 2. The van der Waals surface area contributed by atoms with Gasteiger partial charge in [0.05, 0.1) is 45.5 Å². The number of aromatic nitrogens is 3. The van der Waals surface area contributed by atoms with Crippen LogP contribution in [0.3, 0.4) is 0 Å². The standard InChI is InChI=1S/C20H16FN5O5.C15H12FN3O4.C6H7BrN2O.C5H5BrN2O/c1-30-12-3-2-9-7-26(17(27)15(9)16(12)21)8-20(18(28)24-19(29)25-20)13-6-10-11(31-13)4-5-14(22)23-10;1-3-15(13(21)17-14(22)18-15)7-19-6-8-4-5-9(23-2)11(16)10(8)12(19)20;1-10-4-2-3-5(8)9-6(4)7;6-5-3(9)1-2-4(7)8-5/h2-6H,7-8H2,1H3,(H2,22,23)(H2,24,25,28,29);1,4-5H,6-7H2,2H3,(H2,17,18,21,22);2-3H,1H3,(H2,8,9);1-2,9H,(H2,7,8)/t20-;15-;;/m01../s1. The average Bonchev–Trinajstić information content (AvgIpc) is 4.14. The maximum atomic E-state index is 14.7. The summed E-state index contributed by atoms with van der Waals surface area (Å²) >= 11 is 6.20. The van der Waals surface area contributed by atoms with Gasteiger partial charge in [0.15, 0.2) is 45.5 Å². The van der Waals surface area contributed by atoms with Crippen LogP contribution in [0.25, 0.3) is 11.1 Å². The fourth-order valence-electron chi connectivity index (χ4n) is 7.72. The van der Waals surface area contributed by atoms with Gasteiger partial charge in [-0.3, -0.25) is 29.8 Å². The van der Waals surface area contributed by atoms with E-state index in [1.54, 1.807) is 37.4 Å². The Morgan fingerprint density at radius 3 is 1.67 bits per heavy atom. The van der Waals surface area contributed by atoms with Gasteiger partial charge in [0, 0.05) is 19.2 Å². The van der Waals surface area contributed by atoms with E-state index < -0.39 is 58.4 Å². The largest absolute Gasteiger partial charge is 0.505 e. The van der Waals surface area contributed by atoms with E-state index >= 15 is 0 Å². The maximum absolute atomic E-state index is 14.7. The molecule has 0 radical (unpaired) electrons. The number of ether oxygens (including phenoxy) is 3. The Morgan fingerprint density at radius 2 is 1.19 bits per heavy atom. The molecule has 23 nitrogen and oxygen atoms in total. The van der Waals surface area contributed by atoms with Crippen molar-refractivity contribution in [3.63, 3.8) is 0 Å². The summed E-state index contributed by atoms with van der Waals surface area (Å²) in [4.78, 5) is 87.8. The summed E-state index contributed by atoms with van der Waals surface area (Å²) in [7, 11) is 4.18. The molecule has 2 fully saturated rings. The zero-order chi connectivity index (χ0) is 53.1. The van der Waals surface area contributed by atoms with E-state index in [9.17, 15) is 37.5 Å². The van der Waals surface area contributed by atoms with E-state index in [2.05, 4.69) is 68.7 Å². The third-order valence-electron chi connectivity index (χ3n) is 11.3. The van der Waals surface area contributed by atoms with Gasteiger partial charge in [0.2, 0.25) is 0 Å². The number of nitrogen functional groups attached to an aromatic ring is 3. The first-order valence-electron chi connectivity index (χ1n) is 21.0. The molecule has 11 N–H and O–H groups in total. The van der Waals surface area contributed by atoms with Gasteiger partial charge in [0.25, 0.3) is 23.6 Å². The monoisotopic (exact) mass is 1130 g/mol. The molecule has 10 rings (SSSR count). The van der Waals surface area contributed by atoms with E-state index in [0.717, 1.165) is 0 Å². The number of nitrogens with two attached hydrogens (primary N) is 3. The summed E-state index contributed by atoms with van der Waals surface area (Å²) in [6.45, 7) is -0.404. The number of carbonyl (C=O) groups excluding carboxylic acids is 6. The SMILES string of the molecule is C#C[C@]1(CN2Cc3ccc(OC)c(F)c3C2=O)NC(=O)NC1=O.COc1ccc(N)nc1Br.COc1ccc2c(c1F)C(=O)N(C[C@@]1(c3cc4nc(N)ccc4o3)NC(=O)NC1=O)C2.Nc1ccc(O)c(Br)n1. The number of halogens is 4. The number of imide groups is 2. The second-order valence-corrected chi connectivity index (χ2v) is 17.3. The number of aromatic hydroxyl groups is 1. The van der Waals surface area contributed by atoms with E-state index in [1.807, 2.05) is 5.32 Å². The van der Waals surface area contributed by atoms with Crippen molar-refractivity contribution in [1.82, 2.24) is 46.0 Å². The highest BCUT2D eigenvalue weighted by molar-refractivity contribution is 9.10. The van der Waals surface area contributed by atoms with Gasteiger partial charge in [-0.15, -0.1) is 6.42 Å². The molecule has 8 amide bonds. The number of furan rings is 1. The van der Waals surface area contributed by atoms with Crippen molar-refractivity contribution < 1.29 is 61.3 Å². The summed E-state index contributed by atoms with van der Waals surface area (Å²) in [5.41, 5.74) is 14.4. The van der Waals surface area contributed by atoms with E-state index in [-0.39, 0.29) is 66.1 Å². The summed E-state index contributed by atoms with van der Waals surface area (Å²) in [5.74, 6) is -0.0907. The Hall–Kier alpha value is -8.77. The lowest BCUT2D eigenvalue weighted by Crippen LogP contribution is -2.54. The molecule has 4 aliphatic rings. The third kappa shape index (κ3) is 10.4. The van der Waals surface area contributed by atoms with Crippen LogP contribution in [0.15, 0.2) is 80.4 Å². The molecular weight excluding hydrogens is 1090 g/mol. The predicted octanol–water partition coefficient (Wildman–Crippen LogP) is 3.82. The molecule has 0 spiro atoms. The molecule has 2 atom stereocenters. The molecule has 73 heavy (non-hydrogen) atoms. The minimum absolute atomic E-state index is 0.0440. The van der Waals surface area contributed by atoms with Crippen molar-refractivity contribution in [2.24, 2.45) is 0 Å². The minimum atomic E-state index is -1.72. The van der Waals surface area contributed by atoms with Crippen molar-refractivity contribution >= 4 is 96.1 Å². The number of rotatable bonds is 8. The maximum Gasteiger partial charge on any atom is 0.323 e. The van der Waals surface area contributed by atoms with Gasteiger partial charge in [-0.25, -0.2) is 33.3 Å². The summed E-state index contributed by atoms with van der Waals surface area (Å²) in [6.07, 6.45) is 5.37. The van der Waals surface area contributed by atoms with Gasteiger partial charge in [-0.2, -0.15) is 0 Å². The van der Waals surface area contributed by atoms with Crippen LogP contribution in [-0.2, 0) is 28.2 Å². The molecule has 0 aliphatic carbocycles. The lowest BCUT2D eigenvalue weighted by Gasteiger charge is -2.28. The summed E-state index contributed by atoms with van der Waals surface area (Å²) in [6, 6.07) is 15.6. The predicted molar refractivity (Wildman–Crippen MR) is 261 cm³/mol. The number of fused-ring (bicyclic) bond motifs is 3. The number of anilines is 3. The van der Waals surface area contributed by atoms with Crippen LogP contribution in [-0.4, -0.2) is 106 Å². The lowest BCUT2D eigenvalue weighted by molar-refractivity contribution is -0.125. The van der Waals surface area contributed by atoms with Crippen LogP contribution in [0.4, 0.5) is 35.8 Å². The Kier molecular flexibility index (Phi) is 14.9.